The van der Waals surface area contributed by atoms with E-state index in [4.69, 9.17) is 4.84 Å². The van der Waals surface area contributed by atoms with Gasteiger partial charge in [-0.15, -0.1) is 5.10 Å². The minimum atomic E-state index is -0.566. The molecule has 72 valence electrons. The third-order valence-corrected chi connectivity index (χ3v) is 2.03. The summed E-state index contributed by atoms with van der Waals surface area (Å²) in [6, 6.07) is 0.181. The van der Waals surface area contributed by atoms with Crippen molar-refractivity contribution >= 4 is 0 Å². The molecule has 0 aromatic carbocycles. The quantitative estimate of drug-likeness (QED) is 0.642. The molecule has 2 heterocycles. The van der Waals surface area contributed by atoms with Crippen LogP contribution in [0.3, 0.4) is 0 Å². The third kappa shape index (κ3) is 1.69. The van der Waals surface area contributed by atoms with Gasteiger partial charge in [0.25, 0.3) is 0 Å². The molecule has 0 aliphatic carbocycles. The second-order valence-electron chi connectivity index (χ2n) is 3.11. The van der Waals surface area contributed by atoms with Crippen molar-refractivity contribution in [2.45, 2.75) is 19.1 Å². The average molecular weight is 184 g/mol. The molecule has 2 rings (SSSR count). The van der Waals surface area contributed by atoms with E-state index < -0.39 is 6.10 Å². The van der Waals surface area contributed by atoms with Crippen LogP contribution in [0.4, 0.5) is 0 Å². The molecule has 1 aliphatic rings. The van der Waals surface area contributed by atoms with Crippen molar-refractivity contribution in [3.8, 4) is 0 Å². The highest BCUT2D eigenvalue weighted by molar-refractivity contribution is 4.96. The first-order valence-electron chi connectivity index (χ1n) is 4.22. The molecule has 6 nitrogen and oxygen atoms in total. The lowest BCUT2D eigenvalue weighted by Gasteiger charge is -2.04. The molecule has 1 aliphatic heterocycles. The van der Waals surface area contributed by atoms with Gasteiger partial charge in [-0.05, 0) is 6.92 Å². The monoisotopic (exact) mass is 184 g/mol. The Balaban J connectivity index is 2.12. The van der Waals surface area contributed by atoms with Crippen LogP contribution < -0.4 is 5.48 Å². The number of nitrogens with zero attached hydrogens (tertiary/aromatic N) is 3. The second-order valence-corrected chi connectivity index (χ2v) is 3.11. The van der Waals surface area contributed by atoms with Crippen LogP contribution in [0.2, 0.25) is 0 Å². The molecule has 0 amide bonds. The van der Waals surface area contributed by atoms with Gasteiger partial charge in [0.1, 0.15) is 5.69 Å². The van der Waals surface area contributed by atoms with E-state index in [1.165, 1.54) is 0 Å². The first-order valence-corrected chi connectivity index (χ1v) is 4.22. The molecular weight excluding hydrogens is 172 g/mol. The summed E-state index contributed by atoms with van der Waals surface area (Å²) in [6.07, 6.45) is 1.18. The summed E-state index contributed by atoms with van der Waals surface area (Å²) in [7, 11) is 0. The molecule has 2 unspecified atom stereocenters. The Morgan fingerprint density at radius 2 is 2.69 bits per heavy atom. The molecule has 2 atom stereocenters. The largest absolute Gasteiger partial charge is 0.387 e. The predicted molar refractivity (Wildman–Crippen MR) is 43.6 cm³/mol. The van der Waals surface area contributed by atoms with E-state index in [2.05, 4.69) is 15.8 Å². The summed E-state index contributed by atoms with van der Waals surface area (Å²) < 4.78 is 1.71. The Morgan fingerprint density at radius 1 is 1.85 bits per heavy atom. The van der Waals surface area contributed by atoms with Gasteiger partial charge in [-0.1, -0.05) is 5.21 Å². The summed E-state index contributed by atoms with van der Waals surface area (Å²) in [5.74, 6) is 0. The first-order chi connectivity index (χ1) is 6.27. The Morgan fingerprint density at radius 3 is 3.23 bits per heavy atom. The predicted octanol–water partition coefficient (Wildman–Crippen LogP) is -0.593. The molecule has 1 aromatic rings. The van der Waals surface area contributed by atoms with E-state index in [-0.39, 0.29) is 6.04 Å². The van der Waals surface area contributed by atoms with Gasteiger partial charge in [0.05, 0.1) is 24.9 Å². The zero-order valence-corrected chi connectivity index (χ0v) is 7.34. The maximum absolute atomic E-state index is 9.22. The normalized spacial score (nSPS) is 24.9. The standard InChI is InChI=1S/C7H12N4O2/c1-5(12)7-3-11(10-9-7)6-2-8-13-4-6/h3,5-6,8,12H,2,4H2,1H3. The topological polar surface area (TPSA) is 72.2 Å². The van der Waals surface area contributed by atoms with Crippen LogP contribution in [0.15, 0.2) is 6.20 Å². The highest BCUT2D eigenvalue weighted by Gasteiger charge is 2.19. The van der Waals surface area contributed by atoms with Crippen molar-refractivity contribution in [3.63, 3.8) is 0 Å². The number of hydrogen-bond donors (Lipinski definition) is 2. The van der Waals surface area contributed by atoms with Crippen molar-refractivity contribution in [3.05, 3.63) is 11.9 Å². The van der Waals surface area contributed by atoms with Crippen molar-refractivity contribution in [2.24, 2.45) is 0 Å². The average Bonchev–Trinajstić information content (AvgIpc) is 2.75. The maximum Gasteiger partial charge on any atom is 0.111 e. The Kier molecular flexibility index (Phi) is 2.26. The van der Waals surface area contributed by atoms with Crippen LogP contribution in [0.25, 0.3) is 0 Å². The maximum atomic E-state index is 9.22. The fourth-order valence-electron chi connectivity index (χ4n) is 1.20. The van der Waals surface area contributed by atoms with Crippen LogP contribution in [0.5, 0.6) is 0 Å². The fraction of sp³-hybridized carbons (Fsp3) is 0.714. The Bertz CT molecular complexity index is 280. The number of aromatic nitrogens is 3. The van der Waals surface area contributed by atoms with Gasteiger partial charge in [0, 0.05) is 6.54 Å². The molecule has 0 spiro atoms. The molecule has 2 N–H and O–H groups in total. The molecule has 1 saturated heterocycles. The Hall–Kier alpha value is -0.980. The van der Waals surface area contributed by atoms with Gasteiger partial charge in [-0.2, -0.15) is 0 Å². The molecule has 0 saturated carbocycles. The lowest BCUT2D eigenvalue weighted by atomic mass is 10.3. The molecule has 1 aromatic heterocycles. The molecule has 1 fully saturated rings. The smallest absolute Gasteiger partial charge is 0.111 e. The highest BCUT2D eigenvalue weighted by Crippen LogP contribution is 2.12. The Labute approximate surface area is 75.5 Å². The number of hydroxylamine groups is 1. The molecular formula is C7H12N4O2. The van der Waals surface area contributed by atoms with Crippen LogP contribution in [0, 0.1) is 0 Å². The minimum Gasteiger partial charge on any atom is -0.387 e. The number of hydrogen-bond acceptors (Lipinski definition) is 5. The molecule has 0 radical (unpaired) electrons. The van der Waals surface area contributed by atoms with Crippen LogP contribution in [0.1, 0.15) is 24.8 Å². The van der Waals surface area contributed by atoms with Gasteiger partial charge in [0.2, 0.25) is 0 Å². The van der Waals surface area contributed by atoms with Crippen LogP contribution in [-0.2, 0) is 4.84 Å². The van der Waals surface area contributed by atoms with Gasteiger partial charge >= 0.3 is 0 Å². The summed E-state index contributed by atoms with van der Waals surface area (Å²) in [6.45, 7) is 2.98. The van der Waals surface area contributed by atoms with E-state index in [0.29, 0.717) is 12.3 Å². The van der Waals surface area contributed by atoms with Gasteiger partial charge in [-0.3, -0.25) is 4.84 Å². The van der Waals surface area contributed by atoms with Crippen molar-refractivity contribution in [2.75, 3.05) is 13.2 Å². The van der Waals surface area contributed by atoms with Crippen molar-refractivity contribution in [1.82, 2.24) is 20.5 Å². The second kappa shape index (κ2) is 3.41. The molecule has 0 bridgehead atoms. The zero-order valence-electron chi connectivity index (χ0n) is 7.34. The highest BCUT2D eigenvalue weighted by atomic mass is 16.7. The van der Waals surface area contributed by atoms with E-state index >= 15 is 0 Å². The van der Waals surface area contributed by atoms with E-state index in [1.54, 1.807) is 17.8 Å². The SMILES string of the molecule is CC(O)c1cn(C2CNOC2)nn1. The van der Waals surface area contributed by atoms with Gasteiger partial charge in [0.15, 0.2) is 0 Å². The minimum absolute atomic E-state index is 0.181. The molecule has 13 heavy (non-hydrogen) atoms. The van der Waals surface area contributed by atoms with E-state index in [9.17, 15) is 5.11 Å². The number of nitrogens with one attached hydrogen (secondary N) is 1. The zero-order chi connectivity index (χ0) is 9.26. The number of rotatable bonds is 2. The number of aliphatic hydroxyl groups excluding tert-OH is 1. The summed E-state index contributed by atoms with van der Waals surface area (Å²) in [5, 5.41) is 17.0. The van der Waals surface area contributed by atoms with Crippen LogP contribution in [-0.4, -0.2) is 33.3 Å². The van der Waals surface area contributed by atoms with Crippen molar-refractivity contribution in [1.29, 1.82) is 0 Å². The van der Waals surface area contributed by atoms with Crippen molar-refractivity contribution < 1.29 is 9.94 Å². The summed E-state index contributed by atoms with van der Waals surface area (Å²) in [4.78, 5) is 4.98. The summed E-state index contributed by atoms with van der Waals surface area (Å²) >= 11 is 0. The van der Waals surface area contributed by atoms with Gasteiger partial charge < -0.3 is 5.11 Å². The fourth-order valence-corrected chi connectivity index (χ4v) is 1.20. The number of aliphatic hydroxyl groups is 1. The van der Waals surface area contributed by atoms with Gasteiger partial charge in [-0.25, -0.2) is 10.2 Å². The van der Waals surface area contributed by atoms with E-state index in [0.717, 1.165) is 6.54 Å². The summed E-state index contributed by atoms with van der Waals surface area (Å²) in [5.41, 5.74) is 3.35. The lowest BCUT2D eigenvalue weighted by molar-refractivity contribution is 0.0968. The molecule has 6 heteroatoms. The first kappa shape index (κ1) is 8.61. The van der Waals surface area contributed by atoms with E-state index in [1.807, 2.05) is 0 Å². The third-order valence-electron chi connectivity index (χ3n) is 2.03. The van der Waals surface area contributed by atoms with Crippen LogP contribution >= 0.6 is 0 Å². The lowest BCUT2D eigenvalue weighted by Crippen LogP contribution is -2.14.